The van der Waals surface area contributed by atoms with E-state index in [4.69, 9.17) is 16.3 Å². The molecule has 1 amide bonds. The number of aryl methyl sites for hydroxylation is 1. The van der Waals surface area contributed by atoms with Crippen LogP contribution < -0.4 is 10.1 Å². The van der Waals surface area contributed by atoms with Crippen molar-refractivity contribution in [3.05, 3.63) is 51.5 Å². The lowest BCUT2D eigenvalue weighted by molar-refractivity contribution is -0.118. The summed E-state index contributed by atoms with van der Waals surface area (Å²) in [5, 5.41) is 3.22. The van der Waals surface area contributed by atoms with Crippen LogP contribution in [-0.2, 0) is 14.8 Å². The van der Waals surface area contributed by atoms with Crippen molar-refractivity contribution in [3.63, 3.8) is 0 Å². The van der Waals surface area contributed by atoms with Gasteiger partial charge in [-0.15, -0.1) is 0 Å². The summed E-state index contributed by atoms with van der Waals surface area (Å²) in [5.74, 6) is 0.0690. The molecule has 0 aliphatic heterocycles. The third-order valence-electron chi connectivity index (χ3n) is 3.51. The molecule has 2 aromatic carbocycles. The second-order valence-corrected chi connectivity index (χ2v) is 9.12. The first kappa shape index (κ1) is 20.7. The lowest BCUT2D eigenvalue weighted by Gasteiger charge is -2.15. The van der Waals surface area contributed by atoms with Gasteiger partial charge in [-0.1, -0.05) is 17.7 Å². The highest BCUT2D eigenvalue weighted by atomic mass is 79.9. The molecule has 140 valence electrons. The van der Waals surface area contributed by atoms with Crippen LogP contribution in [-0.4, -0.2) is 39.3 Å². The van der Waals surface area contributed by atoms with Gasteiger partial charge in [-0.25, -0.2) is 12.7 Å². The summed E-state index contributed by atoms with van der Waals surface area (Å²) in [7, 11) is -0.686. The Balaban J connectivity index is 2.11. The van der Waals surface area contributed by atoms with Crippen LogP contribution >= 0.6 is 27.5 Å². The maximum atomic E-state index is 12.2. The van der Waals surface area contributed by atoms with Crippen molar-refractivity contribution in [2.24, 2.45) is 0 Å². The van der Waals surface area contributed by atoms with Crippen molar-refractivity contribution in [3.8, 4) is 5.75 Å². The largest absolute Gasteiger partial charge is 0.483 e. The molecular formula is C17H18BrClN2O4S. The zero-order valence-corrected chi connectivity index (χ0v) is 17.6. The molecule has 0 radical (unpaired) electrons. The minimum Gasteiger partial charge on any atom is -0.483 e. The molecule has 2 aromatic rings. The topological polar surface area (TPSA) is 75.7 Å². The number of nitrogens with zero attached hydrogens (tertiary/aromatic N) is 1. The Labute approximate surface area is 166 Å². The minimum atomic E-state index is -3.58. The highest BCUT2D eigenvalue weighted by Gasteiger charge is 2.18. The summed E-state index contributed by atoms with van der Waals surface area (Å²) in [4.78, 5) is 12.3. The van der Waals surface area contributed by atoms with E-state index in [9.17, 15) is 13.2 Å². The van der Waals surface area contributed by atoms with Gasteiger partial charge in [-0.2, -0.15) is 0 Å². The molecule has 0 aliphatic rings. The first-order valence-electron chi connectivity index (χ1n) is 7.52. The molecule has 9 heteroatoms. The number of benzene rings is 2. The Hall–Kier alpha value is -1.61. The van der Waals surface area contributed by atoms with Crippen LogP contribution in [0.15, 0.2) is 45.8 Å². The van der Waals surface area contributed by atoms with E-state index in [1.54, 1.807) is 31.2 Å². The van der Waals surface area contributed by atoms with Crippen molar-refractivity contribution in [1.29, 1.82) is 0 Å². The fraction of sp³-hybridized carbons (Fsp3) is 0.235. The third-order valence-corrected chi connectivity index (χ3v) is 6.18. The van der Waals surface area contributed by atoms with Gasteiger partial charge in [0.15, 0.2) is 6.61 Å². The standard InChI is InChI=1S/C17H18BrClN2O4S/c1-11-4-6-13(26(23,24)21(2)3)9-15(11)20-17(22)10-25-16-7-5-12(19)8-14(16)18/h4-9H,10H2,1-3H3,(H,20,22). The summed E-state index contributed by atoms with van der Waals surface area (Å²) in [6, 6.07) is 9.54. The van der Waals surface area contributed by atoms with Crippen molar-refractivity contribution in [1.82, 2.24) is 4.31 Å². The van der Waals surface area contributed by atoms with Crippen molar-refractivity contribution < 1.29 is 17.9 Å². The second-order valence-electron chi connectivity index (χ2n) is 5.68. The van der Waals surface area contributed by atoms with Gasteiger partial charge in [-0.05, 0) is 58.7 Å². The van der Waals surface area contributed by atoms with E-state index < -0.39 is 15.9 Å². The Morgan fingerprint density at radius 1 is 1.23 bits per heavy atom. The number of ether oxygens (including phenoxy) is 1. The number of hydrogen-bond donors (Lipinski definition) is 1. The number of amides is 1. The summed E-state index contributed by atoms with van der Waals surface area (Å²) >= 11 is 9.17. The number of carbonyl (C=O) groups is 1. The molecule has 0 aliphatic carbocycles. The Kier molecular flexibility index (Phi) is 6.68. The van der Waals surface area contributed by atoms with Crippen LogP contribution in [0.1, 0.15) is 5.56 Å². The maximum Gasteiger partial charge on any atom is 0.262 e. The highest BCUT2D eigenvalue weighted by molar-refractivity contribution is 9.10. The first-order valence-corrected chi connectivity index (χ1v) is 10.1. The summed E-state index contributed by atoms with van der Waals surface area (Å²) in [6.07, 6.45) is 0. The van der Waals surface area contributed by atoms with Gasteiger partial charge in [0.25, 0.3) is 5.91 Å². The smallest absolute Gasteiger partial charge is 0.262 e. The highest BCUT2D eigenvalue weighted by Crippen LogP contribution is 2.28. The molecule has 0 saturated heterocycles. The van der Waals surface area contributed by atoms with Gasteiger partial charge >= 0.3 is 0 Å². The van der Waals surface area contributed by atoms with E-state index in [1.165, 1.54) is 26.2 Å². The fourth-order valence-electron chi connectivity index (χ4n) is 2.03. The van der Waals surface area contributed by atoms with E-state index in [1.807, 2.05) is 0 Å². The van der Waals surface area contributed by atoms with Crippen LogP contribution in [0.2, 0.25) is 5.02 Å². The second kappa shape index (κ2) is 8.39. The van der Waals surface area contributed by atoms with E-state index in [2.05, 4.69) is 21.2 Å². The molecule has 26 heavy (non-hydrogen) atoms. The summed E-state index contributed by atoms with van der Waals surface area (Å²) in [5.41, 5.74) is 1.15. The molecule has 0 atom stereocenters. The number of rotatable bonds is 6. The predicted octanol–water partition coefficient (Wildman–Crippen LogP) is 3.68. The van der Waals surface area contributed by atoms with Gasteiger partial charge in [0.1, 0.15) is 5.75 Å². The number of anilines is 1. The molecule has 2 rings (SSSR count). The summed E-state index contributed by atoms with van der Waals surface area (Å²) < 4.78 is 31.7. The van der Waals surface area contributed by atoms with Crippen LogP contribution in [0.3, 0.4) is 0 Å². The molecule has 0 aromatic heterocycles. The molecule has 1 N–H and O–H groups in total. The first-order chi connectivity index (χ1) is 12.1. The van der Waals surface area contributed by atoms with Gasteiger partial charge in [0, 0.05) is 24.8 Å². The molecule has 6 nitrogen and oxygen atoms in total. The van der Waals surface area contributed by atoms with Crippen molar-refractivity contribution >= 4 is 49.1 Å². The molecule has 0 bridgehead atoms. The van der Waals surface area contributed by atoms with E-state index in [-0.39, 0.29) is 11.5 Å². The lowest BCUT2D eigenvalue weighted by Crippen LogP contribution is -2.23. The average molecular weight is 462 g/mol. The quantitative estimate of drug-likeness (QED) is 0.712. The molecular weight excluding hydrogens is 444 g/mol. The molecule has 0 fully saturated rings. The SMILES string of the molecule is Cc1ccc(S(=O)(=O)N(C)C)cc1NC(=O)COc1ccc(Cl)cc1Br. The van der Waals surface area contributed by atoms with E-state index in [0.717, 1.165) is 9.87 Å². The van der Waals surface area contributed by atoms with Gasteiger partial charge in [0.2, 0.25) is 10.0 Å². The van der Waals surface area contributed by atoms with E-state index in [0.29, 0.717) is 20.9 Å². The molecule has 0 heterocycles. The monoisotopic (exact) mass is 460 g/mol. The van der Waals surface area contributed by atoms with Crippen molar-refractivity contribution in [2.45, 2.75) is 11.8 Å². The number of nitrogens with one attached hydrogen (secondary N) is 1. The van der Waals surface area contributed by atoms with Crippen LogP contribution in [0.25, 0.3) is 0 Å². The number of sulfonamides is 1. The summed E-state index contributed by atoms with van der Waals surface area (Å²) in [6.45, 7) is 1.54. The number of halogens is 2. The van der Waals surface area contributed by atoms with Crippen LogP contribution in [0.5, 0.6) is 5.75 Å². The van der Waals surface area contributed by atoms with Gasteiger partial charge in [-0.3, -0.25) is 4.79 Å². The number of hydrogen-bond acceptors (Lipinski definition) is 4. The lowest BCUT2D eigenvalue weighted by atomic mass is 10.2. The maximum absolute atomic E-state index is 12.2. The Bertz CT molecular complexity index is 932. The van der Waals surface area contributed by atoms with Gasteiger partial charge < -0.3 is 10.1 Å². The van der Waals surface area contributed by atoms with Crippen molar-refractivity contribution in [2.75, 3.05) is 26.0 Å². The Morgan fingerprint density at radius 2 is 1.92 bits per heavy atom. The molecule has 0 spiro atoms. The third kappa shape index (κ3) is 4.97. The predicted molar refractivity (Wildman–Crippen MR) is 105 cm³/mol. The number of carbonyl (C=O) groups excluding carboxylic acids is 1. The average Bonchev–Trinajstić information content (AvgIpc) is 2.55. The molecule has 0 saturated carbocycles. The van der Waals surface area contributed by atoms with Gasteiger partial charge in [0.05, 0.1) is 9.37 Å². The van der Waals surface area contributed by atoms with Crippen LogP contribution in [0.4, 0.5) is 5.69 Å². The zero-order chi connectivity index (χ0) is 19.5. The van der Waals surface area contributed by atoms with Crippen LogP contribution in [0, 0.1) is 6.92 Å². The zero-order valence-electron chi connectivity index (χ0n) is 14.4. The van der Waals surface area contributed by atoms with E-state index >= 15 is 0 Å². The Morgan fingerprint density at radius 3 is 2.54 bits per heavy atom. The fourth-order valence-corrected chi connectivity index (χ4v) is 3.75. The minimum absolute atomic E-state index is 0.102. The molecule has 0 unspecified atom stereocenters. The normalized spacial score (nSPS) is 11.5.